The summed E-state index contributed by atoms with van der Waals surface area (Å²) in [6, 6.07) is 8.23. The number of phenols is 1. The molecule has 2 aliphatic rings. The van der Waals surface area contributed by atoms with Gasteiger partial charge in [0.2, 0.25) is 5.91 Å². The second kappa shape index (κ2) is 10.2. The van der Waals surface area contributed by atoms with Gasteiger partial charge in [-0.25, -0.2) is 4.39 Å². The maximum atomic E-state index is 15.0. The van der Waals surface area contributed by atoms with Gasteiger partial charge in [-0.3, -0.25) is 4.79 Å². The van der Waals surface area contributed by atoms with Gasteiger partial charge >= 0.3 is 6.01 Å². The van der Waals surface area contributed by atoms with Crippen LogP contribution in [0.3, 0.4) is 0 Å². The number of furan rings is 1. The van der Waals surface area contributed by atoms with E-state index in [-0.39, 0.29) is 29.3 Å². The van der Waals surface area contributed by atoms with Crippen molar-refractivity contribution in [3.05, 3.63) is 55.1 Å². The molecule has 0 radical (unpaired) electrons. The molecule has 9 nitrogen and oxygen atoms in total. The number of amides is 1. The zero-order valence-corrected chi connectivity index (χ0v) is 21.8. The Morgan fingerprint density at radius 2 is 2.05 bits per heavy atom. The van der Waals surface area contributed by atoms with Crippen LogP contribution in [0.4, 0.5) is 10.2 Å². The van der Waals surface area contributed by atoms with Crippen LogP contribution in [0.25, 0.3) is 33.0 Å². The van der Waals surface area contributed by atoms with Gasteiger partial charge in [-0.15, -0.1) is 0 Å². The molecule has 1 N–H and O–H groups in total. The first kappa shape index (κ1) is 25.1. The van der Waals surface area contributed by atoms with Gasteiger partial charge in [-0.1, -0.05) is 12.6 Å². The Hall–Kier alpha value is -4.18. The molecule has 4 aromatic rings. The van der Waals surface area contributed by atoms with Gasteiger partial charge in [0.05, 0.1) is 22.7 Å². The van der Waals surface area contributed by atoms with Crippen LogP contribution in [0.15, 0.2) is 53.7 Å². The Labute approximate surface area is 225 Å². The fourth-order valence-corrected chi connectivity index (χ4v) is 5.60. The lowest BCUT2D eigenvalue weighted by molar-refractivity contribution is -0.126. The summed E-state index contributed by atoms with van der Waals surface area (Å²) in [5.41, 5.74) is 1.55. The minimum Gasteiger partial charge on any atom is -0.507 e. The monoisotopic (exact) mass is 531 g/mol. The highest BCUT2D eigenvalue weighted by atomic mass is 19.1. The molecule has 2 fully saturated rings. The number of rotatable bonds is 6. The van der Waals surface area contributed by atoms with E-state index in [1.165, 1.54) is 30.5 Å². The molecule has 4 heterocycles. The third-order valence-corrected chi connectivity index (χ3v) is 7.76. The lowest BCUT2D eigenvalue weighted by Crippen LogP contribution is -2.48. The summed E-state index contributed by atoms with van der Waals surface area (Å²) in [4.78, 5) is 27.8. The van der Waals surface area contributed by atoms with Crippen LogP contribution < -0.4 is 9.64 Å². The number of ether oxygens (including phenoxy) is 1. The average Bonchev–Trinajstić information content (AvgIpc) is 3.60. The van der Waals surface area contributed by atoms with E-state index in [2.05, 4.69) is 23.4 Å². The fraction of sp³-hybridized carbons (Fsp3) is 0.345. The predicted octanol–water partition coefficient (Wildman–Crippen LogP) is 4.20. The number of halogens is 1. The average molecular weight is 532 g/mol. The zero-order valence-electron chi connectivity index (χ0n) is 21.8. The van der Waals surface area contributed by atoms with Crippen LogP contribution in [-0.2, 0) is 4.79 Å². The summed E-state index contributed by atoms with van der Waals surface area (Å²) in [6.45, 7) is 7.20. The van der Waals surface area contributed by atoms with Gasteiger partial charge in [0.15, 0.2) is 0 Å². The Kier molecular flexibility index (Phi) is 6.56. The third-order valence-electron chi connectivity index (χ3n) is 7.76. The number of phenolic OH excluding ortho intramolecular Hbond substituents is 1. The number of fused-ring (bicyclic) bond motifs is 3. The lowest BCUT2D eigenvalue weighted by Gasteiger charge is -2.35. The summed E-state index contributed by atoms with van der Waals surface area (Å²) in [6.07, 6.45) is 5.03. The summed E-state index contributed by atoms with van der Waals surface area (Å²) >= 11 is 0. The van der Waals surface area contributed by atoms with Gasteiger partial charge < -0.3 is 29.0 Å². The largest absolute Gasteiger partial charge is 0.507 e. The highest BCUT2D eigenvalue weighted by molar-refractivity contribution is 6.14. The molecule has 1 unspecified atom stereocenters. The minimum absolute atomic E-state index is 0.0811. The van der Waals surface area contributed by atoms with E-state index < -0.39 is 5.82 Å². The van der Waals surface area contributed by atoms with Crippen LogP contribution in [0.2, 0.25) is 0 Å². The number of likely N-dealkylation sites (tertiary alicyclic amines) is 1. The van der Waals surface area contributed by atoms with E-state index in [1.54, 1.807) is 17.0 Å². The van der Waals surface area contributed by atoms with E-state index in [4.69, 9.17) is 19.1 Å². The van der Waals surface area contributed by atoms with E-state index in [0.29, 0.717) is 66.0 Å². The van der Waals surface area contributed by atoms with Gasteiger partial charge in [0.1, 0.15) is 29.6 Å². The van der Waals surface area contributed by atoms with Crippen molar-refractivity contribution in [1.82, 2.24) is 19.8 Å². The second-order valence-electron chi connectivity index (χ2n) is 10.0. The zero-order chi connectivity index (χ0) is 27.1. The molecule has 0 saturated carbocycles. The molecule has 2 aromatic heterocycles. The maximum Gasteiger partial charge on any atom is 0.319 e. The van der Waals surface area contributed by atoms with E-state index in [1.807, 2.05) is 0 Å². The number of piperazine rings is 1. The van der Waals surface area contributed by atoms with Gasteiger partial charge in [0, 0.05) is 43.2 Å². The number of carbonyl (C=O) groups is 1. The summed E-state index contributed by atoms with van der Waals surface area (Å²) < 4.78 is 27.1. The van der Waals surface area contributed by atoms with Crippen LogP contribution in [0.1, 0.15) is 12.8 Å². The first-order valence-corrected chi connectivity index (χ1v) is 13.1. The molecule has 2 aromatic carbocycles. The smallest absolute Gasteiger partial charge is 0.319 e. The van der Waals surface area contributed by atoms with Crippen LogP contribution in [0, 0.1) is 5.82 Å². The van der Waals surface area contributed by atoms with Crippen LogP contribution in [-0.4, -0.2) is 83.2 Å². The number of aromatic nitrogens is 2. The molecule has 0 bridgehead atoms. The first-order chi connectivity index (χ1) is 18.9. The Bertz CT molecular complexity index is 1540. The van der Waals surface area contributed by atoms with Crippen molar-refractivity contribution in [1.29, 1.82) is 0 Å². The molecule has 39 heavy (non-hydrogen) atoms. The number of hydrogen-bond donors (Lipinski definition) is 1. The molecule has 0 spiro atoms. The summed E-state index contributed by atoms with van der Waals surface area (Å²) in [5, 5.41) is 11.9. The van der Waals surface area contributed by atoms with Crippen molar-refractivity contribution < 1.29 is 23.4 Å². The number of aromatic hydroxyl groups is 1. The first-order valence-electron chi connectivity index (χ1n) is 13.1. The normalized spacial score (nSPS) is 18.3. The molecular formula is C29H30FN5O4. The molecule has 10 heteroatoms. The van der Waals surface area contributed by atoms with E-state index in [9.17, 15) is 14.3 Å². The molecule has 2 saturated heterocycles. The van der Waals surface area contributed by atoms with Crippen LogP contribution >= 0.6 is 0 Å². The predicted molar refractivity (Wildman–Crippen MR) is 147 cm³/mol. The van der Waals surface area contributed by atoms with Crippen molar-refractivity contribution in [2.45, 2.75) is 18.9 Å². The van der Waals surface area contributed by atoms with Crippen molar-refractivity contribution in [2.24, 2.45) is 0 Å². The fourth-order valence-electron chi connectivity index (χ4n) is 5.60. The Morgan fingerprint density at radius 3 is 2.77 bits per heavy atom. The number of nitrogens with zero attached hydrogens (tertiary/aromatic N) is 5. The van der Waals surface area contributed by atoms with E-state index >= 15 is 0 Å². The highest BCUT2D eigenvalue weighted by Gasteiger charge is 2.27. The summed E-state index contributed by atoms with van der Waals surface area (Å²) in [7, 11) is 2.08. The standard InChI is InChI=1S/C29H30FN5O4/c1-3-24(37)34-11-13-35(14-12-34)28-26-22(31-29(32-28)39-17-18-6-5-10-33(18)2)16-20(19-9-15-38-27(19)26)25-21(30)7-4-8-23(25)36/h3-4,7-9,15-16,18,36H,1,5-6,10-14,17H2,2H3. The SMILES string of the molecule is C=CC(=O)N1CCN(c2nc(OCC3CCCN3C)nc3cc(-c4c(O)cccc4F)c4ccoc4c23)CC1. The minimum atomic E-state index is -0.546. The van der Waals surface area contributed by atoms with Crippen LogP contribution in [0.5, 0.6) is 11.8 Å². The molecule has 1 atom stereocenters. The molecular weight excluding hydrogens is 501 g/mol. The number of likely N-dealkylation sites (N-methyl/N-ethyl adjacent to an activating group) is 1. The molecule has 0 aliphatic carbocycles. The summed E-state index contributed by atoms with van der Waals surface area (Å²) in [5.74, 6) is -0.191. The van der Waals surface area contributed by atoms with Gasteiger partial charge in [-0.2, -0.15) is 9.97 Å². The van der Waals surface area contributed by atoms with Gasteiger partial charge in [-0.05, 0) is 56.8 Å². The van der Waals surface area contributed by atoms with Crippen molar-refractivity contribution in [3.63, 3.8) is 0 Å². The number of benzene rings is 2. The van der Waals surface area contributed by atoms with Crippen molar-refractivity contribution >= 4 is 33.6 Å². The maximum absolute atomic E-state index is 15.0. The molecule has 2 aliphatic heterocycles. The Morgan fingerprint density at radius 1 is 1.23 bits per heavy atom. The number of hydrogen-bond acceptors (Lipinski definition) is 8. The number of anilines is 1. The van der Waals surface area contributed by atoms with Crippen molar-refractivity contribution in [3.8, 4) is 22.9 Å². The lowest BCUT2D eigenvalue weighted by atomic mass is 9.98. The van der Waals surface area contributed by atoms with E-state index in [0.717, 1.165) is 19.4 Å². The van der Waals surface area contributed by atoms with Gasteiger partial charge in [0.25, 0.3) is 0 Å². The number of carbonyl (C=O) groups excluding carboxylic acids is 1. The topological polar surface area (TPSA) is 95.2 Å². The second-order valence-corrected chi connectivity index (χ2v) is 10.0. The quantitative estimate of drug-likeness (QED) is 0.370. The van der Waals surface area contributed by atoms with Crippen molar-refractivity contribution in [2.75, 3.05) is 51.3 Å². The Balaban J connectivity index is 1.48. The molecule has 6 rings (SSSR count). The molecule has 1 amide bonds. The molecule has 202 valence electrons. The third kappa shape index (κ3) is 4.54. The highest BCUT2D eigenvalue weighted by Crippen LogP contribution is 2.42.